The number of fused-ring (bicyclic) bond motifs is 1. The van der Waals surface area contributed by atoms with Crippen LogP contribution in [0.1, 0.15) is 11.8 Å². The summed E-state index contributed by atoms with van der Waals surface area (Å²) < 4.78 is 26.9. The van der Waals surface area contributed by atoms with E-state index in [1.807, 2.05) is 36.4 Å². The lowest BCUT2D eigenvalue weighted by atomic mass is 10.1. The van der Waals surface area contributed by atoms with Gasteiger partial charge in [-0.15, -0.1) is 0 Å². The molecule has 0 saturated carbocycles. The average Bonchev–Trinajstić information content (AvgIpc) is 3.63. The van der Waals surface area contributed by atoms with Crippen LogP contribution in [0.3, 0.4) is 0 Å². The molecule has 5 heterocycles. The standard InChI is InChI=1S/C20H20N8O4/c1-2-15(29-7-1)8-22-16-9-30-19-17(10-31-18(16)19)28-20(24-25-26-28)32-14-5-3-13(4-6-14)27-12-21-11-23-27/h1-7,11-12,16-19,22H,8-10H2/p+1/t16-,17-,18+,19+/m0/s1. The molecule has 2 aliphatic heterocycles. The molecular weight excluding hydrogens is 416 g/mol. The SMILES string of the molecule is c1coc(C[NH2+][C@H]2CO[C@H]3[C@@H]2OC[C@@H]3n2nnnc2Oc2ccc(-n3cncn3)cc2)c1. The minimum atomic E-state index is -0.165. The maximum atomic E-state index is 6.08. The highest BCUT2D eigenvalue weighted by atomic mass is 16.6. The number of furan rings is 1. The van der Waals surface area contributed by atoms with Crippen LogP contribution in [0.2, 0.25) is 0 Å². The van der Waals surface area contributed by atoms with Crippen molar-refractivity contribution >= 4 is 0 Å². The summed E-state index contributed by atoms with van der Waals surface area (Å²) in [5.74, 6) is 1.53. The van der Waals surface area contributed by atoms with Crippen LogP contribution in [-0.2, 0) is 16.0 Å². The number of aromatic nitrogens is 7. The van der Waals surface area contributed by atoms with E-state index in [0.717, 1.165) is 18.0 Å². The molecule has 0 aliphatic carbocycles. The van der Waals surface area contributed by atoms with Crippen molar-refractivity contribution in [2.45, 2.75) is 30.8 Å². The summed E-state index contributed by atoms with van der Waals surface area (Å²) in [5.41, 5.74) is 0.873. The first-order chi connectivity index (χ1) is 15.8. The van der Waals surface area contributed by atoms with E-state index in [2.05, 4.69) is 30.9 Å². The molecule has 2 fully saturated rings. The lowest BCUT2D eigenvalue weighted by Crippen LogP contribution is -2.91. The number of nitrogens with zero attached hydrogens (tertiary/aromatic N) is 7. The fraction of sp³-hybridized carbons (Fsp3) is 0.350. The van der Waals surface area contributed by atoms with Crippen LogP contribution >= 0.6 is 0 Å². The molecule has 0 spiro atoms. The van der Waals surface area contributed by atoms with Gasteiger partial charge in [-0.2, -0.15) is 9.78 Å². The van der Waals surface area contributed by atoms with Gasteiger partial charge in [-0.05, 0) is 46.8 Å². The Morgan fingerprint density at radius 3 is 2.81 bits per heavy atom. The number of ether oxygens (including phenoxy) is 3. The molecule has 4 aromatic rings. The second kappa shape index (κ2) is 8.15. The molecule has 12 heteroatoms. The quantitative estimate of drug-likeness (QED) is 0.428. The van der Waals surface area contributed by atoms with Gasteiger partial charge in [0.15, 0.2) is 5.76 Å². The fourth-order valence-corrected chi connectivity index (χ4v) is 4.19. The Hall–Kier alpha value is -3.61. The summed E-state index contributed by atoms with van der Waals surface area (Å²) in [6, 6.07) is 11.6. The van der Waals surface area contributed by atoms with Crippen LogP contribution in [0.4, 0.5) is 0 Å². The first kappa shape index (κ1) is 19.1. The van der Waals surface area contributed by atoms with Crippen LogP contribution in [0, 0.1) is 0 Å². The van der Waals surface area contributed by atoms with Crippen molar-refractivity contribution in [3.05, 3.63) is 61.1 Å². The van der Waals surface area contributed by atoms with E-state index >= 15 is 0 Å². The largest absolute Gasteiger partial charge is 0.463 e. The highest BCUT2D eigenvalue weighted by molar-refractivity contribution is 5.37. The first-order valence-corrected chi connectivity index (χ1v) is 10.3. The van der Waals surface area contributed by atoms with Gasteiger partial charge < -0.3 is 23.9 Å². The van der Waals surface area contributed by atoms with E-state index < -0.39 is 0 Å². The van der Waals surface area contributed by atoms with E-state index in [0.29, 0.717) is 25.0 Å². The monoisotopic (exact) mass is 437 g/mol. The van der Waals surface area contributed by atoms with Gasteiger partial charge in [-0.1, -0.05) is 5.10 Å². The summed E-state index contributed by atoms with van der Waals surface area (Å²) in [5, 5.41) is 18.3. The van der Waals surface area contributed by atoms with Crippen molar-refractivity contribution in [2.24, 2.45) is 0 Å². The van der Waals surface area contributed by atoms with Gasteiger partial charge in [0.1, 0.15) is 55.8 Å². The van der Waals surface area contributed by atoms with Crippen LogP contribution in [0.15, 0.2) is 59.7 Å². The molecule has 4 atom stereocenters. The molecule has 32 heavy (non-hydrogen) atoms. The molecule has 1 aromatic carbocycles. The van der Waals surface area contributed by atoms with Gasteiger partial charge in [0.2, 0.25) is 0 Å². The number of hydrogen-bond acceptors (Lipinski definition) is 9. The van der Waals surface area contributed by atoms with Gasteiger partial charge in [0.05, 0.1) is 18.6 Å². The Balaban J connectivity index is 1.13. The van der Waals surface area contributed by atoms with Gasteiger partial charge in [0, 0.05) is 0 Å². The number of benzene rings is 1. The van der Waals surface area contributed by atoms with Crippen molar-refractivity contribution in [3.8, 4) is 17.4 Å². The van der Waals surface area contributed by atoms with E-state index in [1.54, 1.807) is 22.0 Å². The summed E-state index contributed by atoms with van der Waals surface area (Å²) in [4.78, 5) is 3.95. The summed E-state index contributed by atoms with van der Waals surface area (Å²) in [6.45, 7) is 1.78. The Morgan fingerprint density at radius 2 is 2.00 bits per heavy atom. The maximum Gasteiger partial charge on any atom is 0.341 e. The normalized spacial score (nSPS) is 24.6. The maximum absolute atomic E-state index is 6.08. The average molecular weight is 437 g/mol. The van der Waals surface area contributed by atoms with Gasteiger partial charge >= 0.3 is 6.01 Å². The number of tetrazole rings is 1. The number of quaternary nitrogens is 1. The number of nitrogens with two attached hydrogens (primary N) is 1. The molecule has 2 saturated heterocycles. The highest BCUT2D eigenvalue weighted by Crippen LogP contribution is 2.35. The van der Waals surface area contributed by atoms with E-state index in [1.165, 1.54) is 6.33 Å². The molecule has 12 nitrogen and oxygen atoms in total. The zero-order chi connectivity index (χ0) is 21.3. The fourth-order valence-electron chi connectivity index (χ4n) is 4.19. The van der Waals surface area contributed by atoms with Crippen LogP contribution in [0.25, 0.3) is 5.69 Å². The topological polar surface area (TPSA) is 132 Å². The molecule has 0 bridgehead atoms. The Bertz CT molecular complexity index is 1140. The zero-order valence-electron chi connectivity index (χ0n) is 17.0. The third-order valence-electron chi connectivity index (χ3n) is 5.77. The molecular formula is C20H21N8O4+. The molecule has 2 aliphatic rings. The summed E-state index contributed by atoms with van der Waals surface area (Å²) >= 11 is 0. The molecule has 2 N–H and O–H groups in total. The third kappa shape index (κ3) is 3.53. The van der Waals surface area contributed by atoms with E-state index in [-0.39, 0.29) is 24.3 Å². The first-order valence-electron chi connectivity index (χ1n) is 10.3. The second-order valence-corrected chi connectivity index (χ2v) is 7.69. The molecule has 164 valence electrons. The van der Waals surface area contributed by atoms with Gasteiger partial charge in [-0.3, -0.25) is 0 Å². The highest BCUT2D eigenvalue weighted by Gasteiger charge is 2.51. The zero-order valence-corrected chi connectivity index (χ0v) is 17.0. The Labute approximate surface area is 182 Å². The predicted octanol–water partition coefficient (Wildman–Crippen LogP) is 0.110. The van der Waals surface area contributed by atoms with Crippen LogP contribution < -0.4 is 10.1 Å². The van der Waals surface area contributed by atoms with E-state index in [4.69, 9.17) is 18.6 Å². The summed E-state index contributed by atoms with van der Waals surface area (Å²) in [6.07, 6.45) is 4.61. The minimum absolute atomic E-state index is 0.0472. The van der Waals surface area contributed by atoms with Crippen LogP contribution in [0.5, 0.6) is 11.8 Å². The van der Waals surface area contributed by atoms with Crippen LogP contribution in [-0.4, -0.2) is 66.4 Å². The lowest BCUT2D eigenvalue weighted by Gasteiger charge is -2.16. The smallest absolute Gasteiger partial charge is 0.341 e. The third-order valence-corrected chi connectivity index (χ3v) is 5.77. The predicted molar refractivity (Wildman–Crippen MR) is 106 cm³/mol. The Kier molecular flexibility index (Phi) is 4.86. The number of rotatable bonds is 7. The molecule has 0 radical (unpaired) electrons. The second-order valence-electron chi connectivity index (χ2n) is 7.69. The van der Waals surface area contributed by atoms with Crippen molar-refractivity contribution < 1.29 is 23.9 Å². The molecule has 6 rings (SSSR count). The van der Waals surface area contributed by atoms with Crippen molar-refractivity contribution in [3.63, 3.8) is 0 Å². The van der Waals surface area contributed by atoms with Crippen molar-refractivity contribution in [1.29, 1.82) is 0 Å². The van der Waals surface area contributed by atoms with E-state index in [9.17, 15) is 0 Å². The number of hydrogen-bond donors (Lipinski definition) is 1. The minimum Gasteiger partial charge on any atom is -0.463 e. The molecule has 3 aromatic heterocycles. The lowest BCUT2D eigenvalue weighted by molar-refractivity contribution is -0.709. The van der Waals surface area contributed by atoms with Gasteiger partial charge in [-0.25, -0.2) is 9.67 Å². The summed E-state index contributed by atoms with van der Waals surface area (Å²) in [7, 11) is 0. The molecule has 0 amide bonds. The Morgan fingerprint density at radius 1 is 1.09 bits per heavy atom. The van der Waals surface area contributed by atoms with Crippen molar-refractivity contribution in [2.75, 3.05) is 13.2 Å². The van der Waals surface area contributed by atoms with Crippen molar-refractivity contribution in [1.82, 2.24) is 35.0 Å². The van der Waals surface area contributed by atoms with Gasteiger partial charge in [0.25, 0.3) is 0 Å². The molecule has 0 unspecified atom stereocenters.